The van der Waals surface area contributed by atoms with E-state index in [4.69, 9.17) is 0 Å². The zero-order chi connectivity index (χ0) is 9.26. The van der Waals surface area contributed by atoms with Crippen LogP contribution >= 0.6 is 0 Å². The maximum absolute atomic E-state index is 4.33. The molecule has 0 unspecified atom stereocenters. The molecule has 0 saturated carbocycles. The molecule has 2 heterocycles. The van der Waals surface area contributed by atoms with E-state index in [1.54, 1.807) is 6.20 Å². The summed E-state index contributed by atoms with van der Waals surface area (Å²) in [7, 11) is 1.93. The molecule has 2 rings (SSSR count). The highest BCUT2D eigenvalue weighted by Crippen LogP contribution is 2.14. The van der Waals surface area contributed by atoms with Crippen LogP contribution in [0.5, 0.6) is 0 Å². The smallest absolute Gasteiger partial charge is 0.111 e. The van der Waals surface area contributed by atoms with E-state index in [9.17, 15) is 0 Å². The first-order valence-electron chi connectivity index (χ1n) is 4.19. The lowest BCUT2D eigenvalue weighted by molar-refractivity contribution is 0.742. The summed E-state index contributed by atoms with van der Waals surface area (Å²) >= 11 is 0. The lowest BCUT2D eigenvalue weighted by atomic mass is 10.2. The van der Waals surface area contributed by atoms with Crippen molar-refractivity contribution in [3.8, 4) is 11.4 Å². The second-order valence-corrected chi connectivity index (χ2v) is 3.01. The van der Waals surface area contributed by atoms with Gasteiger partial charge in [0.2, 0.25) is 0 Å². The number of aryl methyl sites for hydroxylation is 2. The molecular weight excluding hydrogens is 162 g/mol. The summed E-state index contributed by atoms with van der Waals surface area (Å²) in [5.74, 6) is 0. The van der Waals surface area contributed by atoms with Gasteiger partial charge >= 0.3 is 0 Å². The molecule has 0 N–H and O–H groups in total. The Balaban J connectivity index is 2.48. The van der Waals surface area contributed by atoms with Gasteiger partial charge in [-0.2, -0.15) is 5.10 Å². The van der Waals surface area contributed by atoms with Crippen LogP contribution in [0, 0.1) is 6.92 Å². The molecule has 0 bridgehead atoms. The van der Waals surface area contributed by atoms with E-state index in [0.717, 1.165) is 17.1 Å². The number of rotatable bonds is 1. The molecule has 0 aromatic carbocycles. The van der Waals surface area contributed by atoms with Crippen molar-refractivity contribution in [1.82, 2.24) is 14.8 Å². The first kappa shape index (κ1) is 7.98. The van der Waals surface area contributed by atoms with Gasteiger partial charge in [0.1, 0.15) is 5.69 Å². The number of hydrogen-bond donors (Lipinski definition) is 0. The maximum atomic E-state index is 4.33. The SMILES string of the molecule is Cc1cc(-c2ccccn2)nn1C. The van der Waals surface area contributed by atoms with Gasteiger partial charge in [-0.3, -0.25) is 9.67 Å². The molecule has 0 aliphatic heterocycles. The van der Waals surface area contributed by atoms with E-state index < -0.39 is 0 Å². The summed E-state index contributed by atoms with van der Waals surface area (Å²) in [4.78, 5) is 4.23. The minimum absolute atomic E-state index is 0.922. The molecule has 0 spiro atoms. The van der Waals surface area contributed by atoms with Crippen molar-refractivity contribution < 1.29 is 0 Å². The molecule has 0 radical (unpaired) electrons. The monoisotopic (exact) mass is 173 g/mol. The Hall–Kier alpha value is -1.64. The van der Waals surface area contributed by atoms with Crippen molar-refractivity contribution in [2.24, 2.45) is 7.05 Å². The van der Waals surface area contributed by atoms with Crippen molar-refractivity contribution in [2.75, 3.05) is 0 Å². The molecule has 66 valence electrons. The predicted molar refractivity (Wildman–Crippen MR) is 51.2 cm³/mol. The van der Waals surface area contributed by atoms with Crippen LogP contribution < -0.4 is 0 Å². The van der Waals surface area contributed by atoms with Crippen LogP contribution in [0.1, 0.15) is 5.69 Å². The van der Waals surface area contributed by atoms with E-state index in [2.05, 4.69) is 10.1 Å². The molecule has 0 aliphatic rings. The fourth-order valence-corrected chi connectivity index (χ4v) is 1.20. The van der Waals surface area contributed by atoms with Gasteiger partial charge in [0.25, 0.3) is 0 Å². The van der Waals surface area contributed by atoms with E-state index in [-0.39, 0.29) is 0 Å². The van der Waals surface area contributed by atoms with Crippen molar-refractivity contribution in [3.05, 3.63) is 36.2 Å². The second kappa shape index (κ2) is 3.01. The predicted octanol–water partition coefficient (Wildman–Crippen LogP) is 1.79. The van der Waals surface area contributed by atoms with Crippen molar-refractivity contribution >= 4 is 0 Å². The molecule has 2 aromatic rings. The van der Waals surface area contributed by atoms with Crippen LogP contribution in [0.15, 0.2) is 30.5 Å². The minimum Gasteiger partial charge on any atom is -0.272 e. The molecule has 3 heteroatoms. The number of hydrogen-bond acceptors (Lipinski definition) is 2. The van der Waals surface area contributed by atoms with Gasteiger partial charge in [-0.15, -0.1) is 0 Å². The summed E-state index contributed by atoms with van der Waals surface area (Å²) in [6.07, 6.45) is 1.78. The Morgan fingerprint density at radius 2 is 2.08 bits per heavy atom. The molecule has 0 saturated heterocycles. The van der Waals surface area contributed by atoms with Crippen molar-refractivity contribution in [2.45, 2.75) is 6.92 Å². The highest BCUT2D eigenvalue weighted by Gasteiger charge is 2.03. The topological polar surface area (TPSA) is 30.7 Å². The summed E-state index contributed by atoms with van der Waals surface area (Å²) in [5, 5.41) is 4.33. The van der Waals surface area contributed by atoms with Gasteiger partial charge in [0.05, 0.1) is 5.69 Å². The molecule has 0 atom stereocenters. The van der Waals surface area contributed by atoms with Gasteiger partial charge in [0.15, 0.2) is 0 Å². The van der Waals surface area contributed by atoms with Crippen LogP contribution in [-0.2, 0) is 7.05 Å². The lowest BCUT2D eigenvalue weighted by Crippen LogP contribution is -1.92. The third kappa shape index (κ3) is 1.45. The van der Waals surface area contributed by atoms with Crippen LogP contribution in [0.3, 0.4) is 0 Å². The van der Waals surface area contributed by atoms with E-state index in [1.807, 2.05) is 42.9 Å². The molecule has 2 aromatic heterocycles. The maximum Gasteiger partial charge on any atom is 0.111 e. The van der Waals surface area contributed by atoms with Crippen LogP contribution in [0.25, 0.3) is 11.4 Å². The average Bonchev–Trinajstić information content (AvgIpc) is 2.49. The Labute approximate surface area is 77.0 Å². The minimum atomic E-state index is 0.922. The number of aromatic nitrogens is 3. The Kier molecular flexibility index (Phi) is 1.85. The molecule has 13 heavy (non-hydrogen) atoms. The Morgan fingerprint density at radius 3 is 2.62 bits per heavy atom. The van der Waals surface area contributed by atoms with Crippen molar-refractivity contribution in [1.29, 1.82) is 0 Å². The fraction of sp³-hybridized carbons (Fsp3) is 0.200. The largest absolute Gasteiger partial charge is 0.272 e. The van der Waals surface area contributed by atoms with Crippen LogP contribution in [0.4, 0.5) is 0 Å². The van der Waals surface area contributed by atoms with Gasteiger partial charge < -0.3 is 0 Å². The fourth-order valence-electron chi connectivity index (χ4n) is 1.20. The average molecular weight is 173 g/mol. The molecule has 0 amide bonds. The number of pyridine rings is 1. The van der Waals surface area contributed by atoms with Crippen molar-refractivity contribution in [3.63, 3.8) is 0 Å². The Morgan fingerprint density at radius 1 is 1.23 bits per heavy atom. The normalized spacial score (nSPS) is 10.3. The van der Waals surface area contributed by atoms with Crippen LogP contribution in [0.2, 0.25) is 0 Å². The van der Waals surface area contributed by atoms with Gasteiger partial charge in [0, 0.05) is 18.9 Å². The highest BCUT2D eigenvalue weighted by atomic mass is 15.3. The molecule has 3 nitrogen and oxygen atoms in total. The summed E-state index contributed by atoms with van der Waals surface area (Å²) in [6.45, 7) is 2.03. The molecule has 0 aliphatic carbocycles. The van der Waals surface area contributed by atoms with Gasteiger partial charge in [-0.05, 0) is 25.1 Å². The first-order chi connectivity index (χ1) is 6.27. The highest BCUT2D eigenvalue weighted by molar-refractivity contribution is 5.53. The quantitative estimate of drug-likeness (QED) is 0.658. The van der Waals surface area contributed by atoms with Crippen LogP contribution in [-0.4, -0.2) is 14.8 Å². The third-order valence-electron chi connectivity index (χ3n) is 2.04. The summed E-state index contributed by atoms with van der Waals surface area (Å²) in [5.41, 5.74) is 2.99. The van der Waals surface area contributed by atoms with E-state index in [0.29, 0.717) is 0 Å². The van der Waals surface area contributed by atoms with Gasteiger partial charge in [-0.25, -0.2) is 0 Å². The summed E-state index contributed by atoms with van der Waals surface area (Å²) < 4.78 is 1.85. The molecular formula is C10H11N3. The van der Waals surface area contributed by atoms with E-state index in [1.165, 1.54) is 0 Å². The second-order valence-electron chi connectivity index (χ2n) is 3.01. The summed E-state index contributed by atoms with van der Waals surface area (Å²) in [6, 6.07) is 7.86. The van der Waals surface area contributed by atoms with Gasteiger partial charge in [-0.1, -0.05) is 6.07 Å². The Bertz CT molecular complexity index is 384. The lowest BCUT2D eigenvalue weighted by Gasteiger charge is -1.92. The third-order valence-corrected chi connectivity index (χ3v) is 2.04. The standard InChI is InChI=1S/C10H11N3/c1-8-7-10(12-13(8)2)9-5-3-4-6-11-9/h3-7H,1-2H3. The zero-order valence-corrected chi connectivity index (χ0v) is 7.73. The first-order valence-corrected chi connectivity index (χ1v) is 4.19. The molecule has 0 fully saturated rings. The van der Waals surface area contributed by atoms with E-state index >= 15 is 0 Å². The zero-order valence-electron chi connectivity index (χ0n) is 7.73. The number of nitrogens with zero attached hydrogens (tertiary/aromatic N) is 3.